The van der Waals surface area contributed by atoms with Crippen LogP contribution in [0.5, 0.6) is 0 Å². The van der Waals surface area contributed by atoms with Gasteiger partial charge >= 0.3 is 6.09 Å². The van der Waals surface area contributed by atoms with E-state index in [0.717, 1.165) is 6.20 Å². The number of hydrogen-bond acceptors (Lipinski definition) is 5. The summed E-state index contributed by atoms with van der Waals surface area (Å²) < 4.78 is 21.1. The lowest BCUT2D eigenvalue weighted by molar-refractivity contribution is -0.114. The number of anilines is 1. The maximum Gasteiger partial charge on any atom is 0.420 e. The van der Waals surface area contributed by atoms with Crippen LogP contribution in [0, 0.1) is 5.82 Å². The molecule has 0 atom stereocenters. The van der Waals surface area contributed by atoms with Crippen LogP contribution in [0.4, 0.5) is 15.0 Å². The third kappa shape index (κ3) is 3.94. The smallest absolute Gasteiger partial charge is 0.420 e. The zero-order valence-electron chi connectivity index (χ0n) is 15.4. The molecule has 0 fully saturated rings. The zero-order valence-corrected chi connectivity index (χ0v) is 15.4. The molecule has 0 aliphatic heterocycles. The molecular formula is C19H19FN4O3. The van der Waals surface area contributed by atoms with Crippen molar-refractivity contribution in [1.82, 2.24) is 14.5 Å². The average molecular weight is 370 g/mol. The Kier molecular flexibility index (Phi) is 4.65. The minimum absolute atomic E-state index is 0.232. The molecule has 1 N–H and O–H groups in total. The van der Waals surface area contributed by atoms with Gasteiger partial charge in [0, 0.05) is 30.3 Å². The van der Waals surface area contributed by atoms with Crippen LogP contribution in [0.2, 0.25) is 0 Å². The number of fused-ring (bicyclic) bond motifs is 1. The van der Waals surface area contributed by atoms with Gasteiger partial charge < -0.3 is 10.1 Å². The summed E-state index contributed by atoms with van der Waals surface area (Å²) in [6, 6.07) is 4.74. The predicted molar refractivity (Wildman–Crippen MR) is 98.9 cm³/mol. The van der Waals surface area contributed by atoms with Gasteiger partial charge in [-0.3, -0.25) is 4.79 Å². The monoisotopic (exact) mass is 370 g/mol. The minimum Gasteiger partial charge on any atom is -0.443 e. The number of carbonyl (C=O) groups excluding carboxylic acids is 2. The Labute approximate surface area is 155 Å². The van der Waals surface area contributed by atoms with Crippen LogP contribution in [-0.4, -0.2) is 32.1 Å². The molecule has 3 aromatic heterocycles. The Morgan fingerprint density at radius 1 is 1.19 bits per heavy atom. The molecule has 0 aliphatic rings. The van der Waals surface area contributed by atoms with Gasteiger partial charge in [-0.15, -0.1) is 0 Å². The van der Waals surface area contributed by atoms with Gasteiger partial charge in [0.2, 0.25) is 5.91 Å². The summed E-state index contributed by atoms with van der Waals surface area (Å²) in [6.07, 6.45) is 3.48. The lowest BCUT2D eigenvalue weighted by Crippen LogP contribution is -2.26. The maximum atomic E-state index is 14.4. The van der Waals surface area contributed by atoms with Crippen molar-refractivity contribution in [3.63, 3.8) is 0 Å². The molecule has 0 bridgehead atoms. The van der Waals surface area contributed by atoms with Crippen molar-refractivity contribution in [1.29, 1.82) is 0 Å². The molecule has 0 radical (unpaired) electrons. The fraction of sp³-hybridized carbons (Fsp3) is 0.263. The fourth-order valence-electron chi connectivity index (χ4n) is 2.63. The highest BCUT2D eigenvalue weighted by atomic mass is 19.1. The van der Waals surface area contributed by atoms with Gasteiger partial charge in [-0.05, 0) is 44.5 Å². The lowest BCUT2D eigenvalue weighted by Gasteiger charge is -2.19. The molecule has 3 rings (SSSR count). The lowest BCUT2D eigenvalue weighted by atomic mass is 10.0. The highest BCUT2D eigenvalue weighted by molar-refractivity contribution is 5.98. The van der Waals surface area contributed by atoms with E-state index in [9.17, 15) is 14.0 Å². The van der Waals surface area contributed by atoms with Gasteiger partial charge in [-0.1, -0.05) is 0 Å². The number of ether oxygens (including phenoxy) is 1. The number of amides is 1. The van der Waals surface area contributed by atoms with Crippen molar-refractivity contribution in [2.45, 2.75) is 33.3 Å². The van der Waals surface area contributed by atoms with Gasteiger partial charge in [0.05, 0.1) is 6.20 Å². The molecule has 3 heterocycles. The molecule has 0 saturated heterocycles. The molecule has 7 nitrogen and oxygen atoms in total. The molecule has 140 valence electrons. The molecule has 3 aromatic rings. The maximum absolute atomic E-state index is 14.4. The number of rotatable bonds is 2. The summed E-state index contributed by atoms with van der Waals surface area (Å²) in [6.45, 7) is 6.65. The zero-order chi connectivity index (χ0) is 19.8. The number of nitrogens with zero attached hydrogens (tertiary/aromatic N) is 3. The van der Waals surface area contributed by atoms with Crippen molar-refractivity contribution in [3.8, 4) is 11.1 Å². The molecule has 0 spiro atoms. The van der Waals surface area contributed by atoms with Gasteiger partial charge in [-0.2, -0.15) is 0 Å². The molecule has 8 heteroatoms. The van der Waals surface area contributed by atoms with Crippen LogP contribution >= 0.6 is 0 Å². The van der Waals surface area contributed by atoms with E-state index in [1.54, 1.807) is 32.9 Å². The van der Waals surface area contributed by atoms with Crippen molar-refractivity contribution < 1.29 is 18.7 Å². The highest BCUT2D eigenvalue weighted by Crippen LogP contribution is 2.31. The minimum atomic E-state index is -0.657. The van der Waals surface area contributed by atoms with E-state index in [1.165, 1.54) is 30.0 Å². The van der Waals surface area contributed by atoms with Gasteiger partial charge in [0.15, 0.2) is 0 Å². The van der Waals surface area contributed by atoms with Gasteiger partial charge in [-0.25, -0.2) is 23.7 Å². The van der Waals surface area contributed by atoms with Crippen LogP contribution in [0.15, 0.2) is 36.8 Å². The van der Waals surface area contributed by atoms with Crippen LogP contribution in [-0.2, 0) is 9.53 Å². The van der Waals surface area contributed by atoms with E-state index in [0.29, 0.717) is 16.6 Å². The Balaban J connectivity index is 2.10. The Morgan fingerprint density at radius 2 is 1.93 bits per heavy atom. The number of hydrogen-bond donors (Lipinski definition) is 1. The summed E-state index contributed by atoms with van der Waals surface area (Å²) >= 11 is 0. The van der Waals surface area contributed by atoms with Crippen LogP contribution in [0.3, 0.4) is 0 Å². The van der Waals surface area contributed by atoms with Crippen LogP contribution < -0.4 is 5.32 Å². The molecule has 1 amide bonds. The van der Waals surface area contributed by atoms with Crippen molar-refractivity contribution in [2.24, 2.45) is 0 Å². The highest BCUT2D eigenvalue weighted by Gasteiger charge is 2.21. The number of carbonyl (C=O) groups is 2. The van der Waals surface area contributed by atoms with Crippen LogP contribution in [0.25, 0.3) is 22.2 Å². The number of halogens is 1. The molecule has 0 unspecified atom stereocenters. The van der Waals surface area contributed by atoms with Gasteiger partial charge in [0.25, 0.3) is 0 Å². The quantitative estimate of drug-likeness (QED) is 0.737. The standard InChI is InChI=1S/C19H19FN4O3/c1-11(25)23-16-9-14(15(20)10-22-16)12-5-7-21-17-13(12)6-8-24(17)18(26)27-19(2,3)4/h5-10H,1-4H3,(H,22,23,25). The first-order valence-corrected chi connectivity index (χ1v) is 8.28. The van der Waals surface area contributed by atoms with E-state index in [2.05, 4.69) is 15.3 Å². The first-order chi connectivity index (χ1) is 12.7. The van der Waals surface area contributed by atoms with E-state index in [-0.39, 0.29) is 17.3 Å². The second-order valence-corrected chi connectivity index (χ2v) is 6.99. The molecule has 0 saturated carbocycles. The fourth-order valence-corrected chi connectivity index (χ4v) is 2.63. The largest absolute Gasteiger partial charge is 0.443 e. The number of pyridine rings is 2. The topological polar surface area (TPSA) is 86.1 Å². The second kappa shape index (κ2) is 6.79. The summed E-state index contributed by atoms with van der Waals surface area (Å²) in [5.74, 6) is -0.631. The Hall–Kier alpha value is -3.29. The van der Waals surface area contributed by atoms with E-state index >= 15 is 0 Å². The van der Waals surface area contributed by atoms with E-state index in [4.69, 9.17) is 4.74 Å². The van der Waals surface area contributed by atoms with Crippen LogP contribution in [0.1, 0.15) is 27.7 Å². The molecule has 0 aliphatic carbocycles. The second-order valence-electron chi connectivity index (χ2n) is 6.99. The SMILES string of the molecule is CC(=O)Nc1cc(-c2ccnc3c2ccn3C(=O)OC(C)(C)C)c(F)cn1. The van der Waals surface area contributed by atoms with E-state index < -0.39 is 17.5 Å². The third-order valence-electron chi connectivity index (χ3n) is 3.63. The average Bonchev–Trinajstić information content (AvgIpc) is 2.99. The van der Waals surface area contributed by atoms with Crippen molar-refractivity contribution >= 4 is 28.9 Å². The van der Waals surface area contributed by atoms with Crippen molar-refractivity contribution in [3.05, 3.63) is 42.6 Å². The third-order valence-corrected chi connectivity index (χ3v) is 3.63. The van der Waals surface area contributed by atoms with Gasteiger partial charge in [0.1, 0.15) is 22.9 Å². The normalized spacial score (nSPS) is 11.4. The summed E-state index contributed by atoms with van der Waals surface area (Å²) in [5, 5.41) is 3.10. The number of nitrogens with one attached hydrogen (secondary N) is 1. The van der Waals surface area contributed by atoms with Crippen molar-refractivity contribution in [2.75, 3.05) is 5.32 Å². The Morgan fingerprint density at radius 3 is 2.59 bits per heavy atom. The first kappa shape index (κ1) is 18.5. The Bertz CT molecular complexity index is 1040. The molecule has 27 heavy (non-hydrogen) atoms. The summed E-state index contributed by atoms with van der Waals surface area (Å²) in [5.41, 5.74) is 0.450. The summed E-state index contributed by atoms with van der Waals surface area (Å²) in [4.78, 5) is 31.7. The first-order valence-electron chi connectivity index (χ1n) is 8.28. The van der Waals surface area contributed by atoms with E-state index in [1.807, 2.05) is 0 Å². The molecular weight excluding hydrogens is 351 g/mol. The number of aromatic nitrogens is 3. The summed E-state index contributed by atoms with van der Waals surface area (Å²) in [7, 11) is 0. The predicted octanol–water partition coefficient (Wildman–Crippen LogP) is 3.98. The molecule has 0 aromatic carbocycles.